The second-order valence-corrected chi connectivity index (χ2v) is 8.32. The number of nitrogens with zero attached hydrogens (tertiary/aromatic N) is 2. The van der Waals surface area contributed by atoms with Crippen LogP contribution in [0, 0.1) is 5.92 Å². The van der Waals surface area contributed by atoms with Gasteiger partial charge in [0.25, 0.3) is 5.91 Å². The second-order valence-electron chi connectivity index (χ2n) is 7.46. The Morgan fingerprint density at radius 3 is 2.89 bits per heavy atom. The summed E-state index contributed by atoms with van der Waals surface area (Å²) in [6.45, 7) is 3.51. The third-order valence-corrected chi connectivity index (χ3v) is 6.85. The minimum absolute atomic E-state index is 0.199. The maximum Gasteiger partial charge on any atom is 0.273 e. The summed E-state index contributed by atoms with van der Waals surface area (Å²) in [7, 11) is 0. The fourth-order valence-corrected chi connectivity index (χ4v) is 5.12. The van der Waals surface area contributed by atoms with Gasteiger partial charge in [0.05, 0.1) is 22.6 Å². The lowest BCUT2D eigenvalue weighted by atomic mass is 9.72. The fraction of sp³-hybridized carbons (Fsp3) is 0.381. The molecular formula is C21H22N4O2S. The highest BCUT2D eigenvalue weighted by Crippen LogP contribution is 2.47. The van der Waals surface area contributed by atoms with Crippen molar-refractivity contribution in [1.29, 1.82) is 0 Å². The van der Waals surface area contributed by atoms with Crippen LogP contribution in [0.3, 0.4) is 0 Å². The van der Waals surface area contributed by atoms with Gasteiger partial charge >= 0.3 is 0 Å². The van der Waals surface area contributed by atoms with Crippen molar-refractivity contribution in [3.63, 3.8) is 0 Å². The molecule has 3 fully saturated rings. The second kappa shape index (κ2) is 7.14. The van der Waals surface area contributed by atoms with Crippen LogP contribution < -0.4 is 10.6 Å². The summed E-state index contributed by atoms with van der Waals surface area (Å²) in [5.41, 5.74) is 5.54. The molecule has 1 aliphatic carbocycles. The third-order valence-electron chi connectivity index (χ3n) is 5.93. The standard InChI is InChI=1S/C21H22N4O2S/c1-2-12-3-5-13(6-4-12)20-16(25-11-28-20)9-23-21(26)18-19(27-10-24-18)17-14-7-15(17)22-8-14/h3-6,10-11,14-15,17,22H,2,7-9H2,1H3,(H,23,26). The average molecular weight is 395 g/mol. The van der Waals surface area contributed by atoms with Crippen LogP contribution in [0.4, 0.5) is 0 Å². The number of rotatable bonds is 6. The van der Waals surface area contributed by atoms with Gasteiger partial charge in [-0.2, -0.15) is 0 Å². The maximum atomic E-state index is 12.8. The topological polar surface area (TPSA) is 80.1 Å². The molecule has 1 saturated carbocycles. The zero-order chi connectivity index (χ0) is 19.1. The van der Waals surface area contributed by atoms with Gasteiger partial charge in [0.15, 0.2) is 12.1 Å². The predicted molar refractivity (Wildman–Crippen MR) is 107 cm³/mol. The number of carbonyl (C=O) groups is 1. The quantitative estimate of drug-likeness (QED) is 0.670. The van der Waals surface area contributed by atoms with Gasteiger partial charge < -0.3 is 15.1 Å². The van der Waals surface area contributed by atoms with Crippen molar-refractivity contribution in [2.75, 3.05) is 6.54 Å². The number of thiazole rings is 1. The number of carbonyl (C=O) groups excluding carboxylic acids is 1. The van der Waals surface area contributed by atoms with Gasteiger partial charge in [-0.3, -0.25) is 4.79 Å². The van der Waals surface area contributed by atoms with Gasteiger partial charge in [-0.15, -0.1) is 11.3 Å². The molecule has 1 aromatic carbocycles. The summed E-state index contributed by atoms with van der Waals surface area (Å²) in [5, 5.41) is 6.43. The Hall–Kier alpha value is -2.51. The van der Waals surface area contributed by atoms with Crippen molar-refractivity contribution in [1.82, 2.24) is 20.6 Å². The first-order valence-corrected chi connectivity index (χ1v) is 10.6. The van der Waals surface area contributed by atoms with Crippen molar-refractivity contribution < 1.29 is 9.21 Å². The molecule has 2 N–H and O–H groups in total. The number of aromatic nitrogens is 2. The lowest BCUT2D eigenvalue weighted by Crippen LogP contribution is -2.36. The third kappa shape index (κ3) is 2.95. The van der Waals surface area contributed by atoms with E-state index in [0.29, 0.717) is 24.2 Å². The first-order chi connectivity index (χ1) is 13.7. The van der Waals surface area contributed by atoms with E-state index in [-0.39, 0.29) is 11.8 Å². The summed E-state index contributed by atoms with van der Waals surface area (Å²) in [6, 6.07) is 8.93. The molecule has 2 aliphatic heterocycles. The van der Waals surface area contributed by atoms with E-state index in [1.165, 1.54) is 12.0 Å². The molecule has 1 amide bonds. The minimum Gasteiger partial charge on any atom is -0.447 e. The van der Waals surface area contributed by atoms with Gasteiger partial charge in [-0.05, 0) is 36.4 Å². The summed E-state index contributed by atoms with van der Waals surface area (Å²) < 4.78 is 5.60. The molecule has 6 nitrogen and oxygen atoms in total. The molecule has 0 spiro atoms. The van der Waals surface area contributed by atoms with Gasteiger partial charge in [0.1, 0.15) is 5.76 Å². The molecule has 2 aromatic heterocycles. The Bertz CT molecular complexity index is 980. The van der Waals surface area contributed by atoms with Crippen molar-refractivity contribution in [3.8, 4) is 10.4 Å². The van der Waals surface area contributed by atoms with Crippen LogP contribution in [0.15, 0.2) is 40.6 Å². The Labute approximate surface area is 167 Å². The molecule has 0 radical (unpaired) electrons. The van der Waals surface area contributed by atoms with Crippen LogP contribution in [0.5, 0.6) is 0 Å². The number of amides is 1. The zero-order valence-electron chi connectivity index (χ0n) is 15.6. The van der Waals surface area contributed by atoms with Gasteiger partial charge in [-0.1, -0.05) is 31.2 Å². The van der Waals surface area contributed by atoms with E-state index in [4.69, 9.17) is 4.42 Å². The SMILES string of the molecule is CCc1ccc(-c2scnc2CNC(=O)c2ncoc2C2C3CNC2C3)cc1. The molecule has 4 heterocycles. The molecule has 3 aromatic rings. The zero-order valence-corrected chi connectivity index (χ0v) is 16.5. The summed E-state index contributed by atoms with van der Waals surface area (Å²) >= 11 is 1.59. The number of aryl methyl sites for hydroxylation is 1. The Kier molecular flexibility index (Phi) is 4.49. The lowest BCUT2D eigenvalue weighted by Gasteiger charge is -2.32. The van der Waals surface area contributed by atoms with E-state index < -0.39 is 0 Å². The molecule has 7 heteroatoms. The number of oxazole rings is 1. The minimum atomic E-state index is -0.199. The van der Waals surface area contributed by atoms with Gasteiger partial charge in [0, 0.05) is 12.0 Å². The molecule has 6 rings (SSSR count). The van der Waals surface area contributed by atoms with E-state index in [9.17, 15) is 4.79 Å². The van der Waals surface area contributed by atoms with Gasteiger partial charge in [0.2, 0.25) is 0 Å². The summed E-state index contributed by atoms with van der Waals surface area (Å²) in [4.78, 5) is 22.5. The monoisotopic (exact) mass is 394 g/mol. The lowest BCUT2D eigenvalue weighted by molar-refractivity contribution is 0.0941. The molecule has 3 aliphatic rings. The van der Waals surface area contributed by atoms with E-state index in [2.05, 4.69) is 51.8 Å². The van der Waals surface area contributed by atoms with E-state index >= 15 is 0 Å². The van der Waals surface area contributed by atoms with E-state index in [1.807, 2.05) is 5.51 Å². The van der Waals surface area contributed by atoms with Gasteiger partial charge in [-0.25, -0.2) is 9.97 Å². The summed E-state index contributed by atoms with van der Waals surface area (Å²) in [6.07, 6.45) is 3.56. The first kappa shape index (κ1) is 17.6. The molecule has 2 saturated heterocycles. The van der Waals surface area contributed by atoms with Crippen molar-refractivity contribution in [2.45, 2.75) is 38.3 Å². The van der Waals surface area contributed by atoms with Crippen LogP contribution in [0.1, 0.15) is 46.8 Å². The normalized spacial score (nSPS) is 22.8. The Balaban J connectivity index is 1.29. The number of hydrogen-bond donors (Lipinski definition) is 2. The Morgan fingerprint density at radius 1 is 1.32 bits per heavy atom. The fourth-order valence-electron chi connectivity index (χ4n) is 4.30. The highest BCUT2D eigenvalue weighted by atomic mass is 32.1. The van der Waals surface area contributed by atoms with Crippen molar-refractivity contribution in [3.05, 3.63) is 58.9 Å². The average Bonchev–Trinajstić information content (AvgIpc) is 3.50. The number of fused-ring (bicyclic) bond motifs is 1. The number of hydrogen-bond acceptors (Lipinski definition) is 6. The molecule has 3 atom stereocenters. The largest absolute Gasteiger partial charge is 0.447 e. The number of nitrogens with one attached hydrogen (secondary N) is 2. The summed E-state index contributed by atoms with van der Waals surface area (Å²) in [5.74, 6) is 1.35. The van der Waals surface area contributed by atoms with Crippen LogP contribution >= 0.6 is 11.3 Å². The van der Waals surface area contributed by atoms with Crippen LogP contribution in [-0.4, -0.2) is 28.5 Å². The Morgan fingerprint density at radius 2 is 2.18 bits per heavy atom. The van der Waals surface area contributed by atoms with Crippen LogP contribution in [-0.2, 0) is 13.0 Å². The molecular weight excluding hydrogens is 372 g/mol. The maximum absolute atomic E-state index is 12.8. The highest BCUT2D eigenvalue weighted by molar-refractivity contribution is 7.13. The van der Waals surface area contributed by atoms with Crippen LogP contribution in [0.25, 0.3) is 10.4 Å². The smallest absolute Gasteiger partial charge is 0.273 e. The highest BCUT2D eigenvalue weighted by Gasteiger charge is 2.50. The van der Waals surface area contributed by atoms with Crippen molar-refractivity contribution >= 4 is 17.2 Å². The molecule has 3 unspecified atom stereocenters. The van der Waals surface area contributed by atoms with E-state index in [1.54, 1.807) is 11.3 Å². The molecule has 28 heavy (non-hydrogen) atoms. The van der Waals surface area contributed by atoms with E-state index in [0.717, 1.165) is 41.3 Å². The van der Waals surface area contributed by atoms with Crippen molar-refractivity contribution in [2.24, 2.45) is 5.92 Å². The molecule has 144 valence electrons. The number of benzene rings is 1. The molecule has 2 bridgehead atoms. The predicted octanol–water partition coefficient (Wildman–Crippen LogP) is 3.37. The first-order valence-electron chi connectivity index (χ1n) is 9.71. The van der Waals surface area contributed by atoms with Crippen LogP contribution in [0.2, 0.25) is 0 Å².